The Kier molecular flexibility index (Phi) is 9.32. The first-order chi connectivity index (χ1) is 18.0. The van der Waals surface area contributed by atoms with Crippen LogP contribution in [0.3, 0.4) is 0 Å². The van der Waals surface area contributed by atoms with Crippen LogP contribution >= 0.6 is 11.8 Å². The highest BCUT2D eigenvalue weighted by molar-refractivity contribution is 8.02. The van der Waals surface area contributed by atoms with Gasteiger partial charge in [-0.05, 0) is 43.6 Å². The number of allylic oxidation sites excluding steroid dienone is 2. The van der Waals surface area contributed by atoms with E-state index in [9.17, 15) is 4.79 Å². The number of thioether (sulfide) groups is 1. The zero-order valence-electron chi connectivity index (χ0n) is 21.7. The minimum absolute atomic E-state index is 0.132. The molecule has 0 aliphatic carbocycles. The molecule has 1 atom stereocenters. The van der Waals surface area contributed by atoms with Crippen LogP contribution in [0.1, 0.15) is 31.1 Å². The fourth-order valence-electron chi connectivity index (χ4n) is 4.12. The van der Waals surface area contributed by atoms with Crippen LogP contribution in [0.4, 0.5) is 5.82 Å². The molecule has 4 rings (SSSR count). The Bertz CT molecular complexity index is 1250. The minimum atomic E-state index is -0.132. The van der Waals surface area contributed by atoms with Crippen LogP contribution in [0.5, 0.6) is 0 Å². The van der Waals surface area contributed by atoms with Gasteiger partial charge in [0.1, 0.15) is 10.8 Å². The summed E-state index contributed by atoms with van der Waals surface area (Å²) in [5.41, 5.74) is 2.62. The minimum Gasteiger partial charge on any atom is -0.381 e. The molecule has 196 valence electrons. The standard InChI is InChI=1S/C27H35N7O2S/c1-5-8-11-37-25-9-10-34-26(32-25)22(16-30-34)23-12-21(13-24(31-23)28-15-20-17-36-18-20)27(35)29-14-19(4)33(6-2)7-3/h5,8-13,16,19-20H,1,6-7,14-15,17-18H2,2-4H3,(H,28,31)(H,29,35)/b11-8-/t19-/m0/s1. The van der Waals surface area contributed by atoms with Gasteiger partial charge in [-0.15, -0.1) is 0 Å². The number of nitrogens with zero attached hydrogens (tertiary/aromatic N) is 5. The largest absolute Gasteiger partial charge is 0.381 e. The molecule has 0 bridgehead atoms. The number of anilines is 1. The Morgan fingerprint density at radius 2 is 2.14 bits per heavy atom. The van der Waals surface area contributed by atoms with Crippen molar-refractivity contribution in [2.24, 2.45) is 5.92 Å². The average molecular weight is 522 g/mol. The van der Waals surface area contributed by atoms with Crippen molar-refractivity contribution < 1.29 is 9.53 Å². The average Bonchev–Trinajstić information content (AvgIpc) is 3.30. The summed E-state index contributed by atoms with van der Waals surface area (Å²) in [5.74, 6) is 0.956. The zero-order valence-corrected chi connectivity index (χ0v) is 22.5. The van der Waals surface area contributed by atoms with Gasteiger partial charge in [0, 0.05) is 36.8 Å². The van der Waals surface area contributed by atoms with Crippen LogP contribution in [-0.2, 0) is 4.74 Å². The molecule has 1 aliphatic rings. The van der Waals surface area contributed by atoms with Crippen LogP contribution in [0.15, 0.2) is 59.8 Å². The summed E-state index contributed by atoms with van der Waals surface area (Å²) >= 11 is 1.50. The molecule has 0 saturated carbocycles. The maximum atomic E-state index is 13.2. The smallest absolute Gasteiger partial charge is 0.251 e. The number of amides is 1. The molecule has 2 N–H and O–H groups in total. The molecule has 4 heterocycles. The predicted octanol–water partition coefficient (Wildman–Crippen LogP) is 4.10. The van der Waals surface area contributed by atoms with Crippen molar-refractivity contribution in [3.8, 4) is 11.3 Å². The first-order valence-corrected chi connectivity index (χ1v) is 13.5. The van der Waals surface area contributed by atoms with Crippen molar-refractivity contribution in [3.63, 3.8) is 0 Å². The molecular weight excluding hydrogens is 486 g/mol. The zero-order chi connectivity index (χ0) is 26.2. The number of rotatable bonds is 13. The number of carbonyl (C=O) groups is 1. The highest BCUT2D eigenvalue weighted by atomic mass is 32.2. The number of hydrogen-bond acceptors (Lipinski definition) is 8. The van der Waals surface area contributed by atoms with E-state index in [2.05, 4.69) is 48.0 Å². The number of ether oxygens (including phenoxy) is 1. The Balaban J connectivity index is 1.62. The quantitative estimate of drug-likeness (QED) is 0.197. The van der Waals surface area contributed by atoms with E-state index in [0.717, 1.165) is 43.4 Å². The molecule has 0 spiro atoms. The van der Waals surface area contributed by atoms with Crippen LogP contribution in [0.25, 0.3) is 16.9 Å². The van der Waals surface area contributed by atoms with Gasteiger partial charge < -0.3 is 15.4 Å². The molecule has 9 nitrogen and oxygen atoms in total. The maximum absolute atomic E-state index is 13.2. The highest BCUT2D eigenvalue weighted by Crippen LogP contribution is 2.27. The normalized spacial score (nSPS) is 14.7. The van der Waals surface area contributed by atoms with Gasteiger partial charge in [0.2, 0.25) is 0 Å². The molecular formula is C27H35N7O2S. The van der Waals surface area contributed by atoms with Gasteiger partial charge in [-0.25, -0.2) is 14.5 Å². The van der Waals surface area contributed by atoms with E-state index in [4.69, 9.17) is 14.7 Å². The van der Waals surface area contributed by atoms with Gasteiger partial charge in [0.05, 0.1) is 30.7 Å². The summed E-state index contributed by atoms with van der Waals surface area (Å²) in [7, 11) is 0. The highest BCUT2D eigenvalue weighted by Gasteiger charge is 2.20. The van der Waals surface area contributed by atoms with Crippen molar-refractivity contribution in [2.45, 2.75) is 31.8 Å². The van der Waals surface area contributed by atoms with Crippen LogP contribution < -0.4 is 10.6 Å². The van der Waals surface area contributed by atoms with E-state index in [1.165, 1.54) is 11.8 Å². The Morgan fingerprint density at radius 1 is 1.32 bits per heavy atom. The van der Waals surface area contributed by atoms with E-state index >= 15 is 0 Å². The van der Waals surface area contributed by atoms with Gasteiger partial charge in [-0.1, -0.05) is 44.3 Å². The first-order valence-electron chi connectivity index (χ1n) is 12.7. The van der Waals surface area contributed by atoms with Crippen molar-refractivity contribution in [3.05, 3.63) is 60.3 Å². The Labute approximate surface area is 222 Å². The van der Waals surface area contributed by atoms with Gasteiger partial charge in [0.25, 0.3) is 5.91 Å². The topological polar surface area (TPSA) is 96.7 Å². The van der Waals surface area contributed by atoms with E-state index in [1.54, 1.807) is 22.9 Å². The number of likely N-dealkylation sites (N-methyl/N-ethyl adjacent to an activating group) is 1. The lowest BCUT2D eigenvalue weighted by Crippen LogP contribution is -2.42. The molecule has 0 radical (unpaired) electrons. The van der Waals surface area contributed by atoms with Crippen molar-refractivity contribution >= 4 is 29.1 Å². The summed E-state index contributed by atoms with van der Waals surface area (Å²) in [6.07, 6.45) is 7.20. The van der Waals surface area contributed by atoms with Crippen molar-refractivity contribution in [1.29, 1.82) is 0 Å². The summed E-state index contributed by atoms with van der Waals surface area (Å²) < 4.78 is 7.01. The van der Waals surface area contributed by atoms with E-state index < -0.39 is 0 Å². The van der Waals surface area contributed by atoms with Crippen molar-refractivity contribution in [1.82, 2.24) is 29.8 Å². The molecule has 1 amide bonds. The second-order valence-electron chi connectivity index (χ2n) is 8.97. The molecule has 3 aromatic rings. The van der Waals surface area contributed by atoms with Gasteiger partial charge in [-0.2, -0.15) is 5.10 Å². The van der Waals surface area contributed by atoms with Crippen LogP contribution in [0.2, 0.25) is 0 Å². The van der Waals surface area contributed by atoms with Gasteiger partial charge in [-0.3, -0.25) is 9.69 Å². The number of nitrogens with one attached hydrogen (secondary N) is 2. The van der Waals surface area contributed by atoms with Crippen LogP contribution in [-0.4, -0.2) is 75.8 Å². The molecule has 1 saturated heterocycles. The molecule has 1 aliphatic heterocycles. The monoisotopic (exact) mass is 521 g/mol. The third kappa shape index (κ3) is 6.76. The summed E-state index contributed by atoms with van der Waals surface area (Å²) in [4.78, 5) is 25.2. The second-order valence-corrected chi connectivity index (χ2v) is 9.89. The fourth-order valence-corrected chi connectivity index (χ4v) is 4.73. The predicted molar refractivity (Wildman–Crippen MR) is 149 cm³/mol. The molecule has 10 heteroatoms. The van der Waals surface area contributed by atoms with Crippen LogP contribution in [0, 0.1) is 5.92 Å². The van der Waals surface area contributed by atoms with E-state index in [1.807, 2.05) is 29.8 Å². The maximum Gasteiger partial charge on any atom is 0.251 e. The van der Waals surface area contributed by atoms with Gasteiger partial charge in [0.15, 0.2) is 5.65 Å². The lowest BCUT2D eigenvalue weighted by molar-refractivity contribution is -0.0248. The molecule has 1 fully saturated rings. The lowest BCUT2D eigenvalue weighted by Gasteiger charge is -2.27. The number of aromatic nitrogens is 4. The first kappa shape index (κ1) is 26.8. The molecule has 0 aromatic carbocycles. The third-order valence-electron chi connectivity index (χ3n) is 6.38. The number of fused-ring (bicyclic) bond motifs is 1. The van der Waals surface area contributed by atoms with Crippen molar-refractivity contribution in [2.75, 3.05) is 44.7 Å². The molecule has 0 unspecified atom stereocenters. The fraction of sp³-hybridized carbons (Fsp3) is 0.407. The summed E-state index contributed by atoms with van der Waals surface area (Å²) in [6, 6.07) is 5.77. The summed E-state index contributed by atoms with van der Waals surface area (Å²) in [5, 5.41) is 13.7. The van der Waals surface area contributed by atoms with Gasteiger partial charge >= 0.3 is 0 Å². The third-order valence-corrected chi connectivity index (χ3v) is 7.15. The second kappa shape index (κ2) is 12.8. The number of carbonyl (C=O) groups excluding carboxylic acids is 1. The number of hydrogen-bond donors (Lipinski definition) is 2. The number of pyridine rings is 1. The molecule has 37 heavy (non-hydrogen) atoms. The van der Waals surface area contributed by atoms with E-state index in [-0.39, 0.29) is 11.9 Å². The molecule has 3 aromatic heterocycles. The van der Waals surface area contributed by atoms with E-state index in [0.29, 0.717) is 35.2 Å². The lowest BCUT2D eigenvalue weighted by atomic mass is 10.1. The Hall–Kier alpha value is -3.21. The Morgan fingerprint density at radius 3 is 2.84 bits per heavy atom. The summed E-state index contributed by atoms with van der Waals surface area (Å²) in [6.45, 7) is 14.8. The SMILES string of the molecule is C=C/C=C\Sc1ccn2ncc(-c3cc(C(=O)NC[C@H](C)N(CC)CC)cc(NCC4COC4)n3)c2n1.